The van der Waals surface area contributed by atoms with Crippen molar-refractivity contribution in [3.63, 3.8) is 0 Å². The molecule has 0 fully saturated rings. The number of aryl methyl sites for hydroxylation is 1. The molecule has 0 aromatic carbocycles. The second-order valence-corrected chi connectivity index (χ2v) is 3.75. The summed E-state index contributed by atoms with van der Waals surface area (Å²) in [4.78, 5) is 27.7. The van der Waals surface area contributed by atoms with Gasteiger partial charge in [-0.15, -0.1) is 6.58 Å². The Morgan fingerprint density at radius 1 is 1.61 bits per heavy atom. The molecule has 6 heteroatoms. The van der Waals surface area contributed by atoms with Crippen molar-refractivity contribution in [2.75, 3.05) is 18.0 Å². The Hall–Kier alpha value is -2.37. The molecule has 0 atom stereocenters. The van der Waals surface area contributed by atoms with Crippen molar-refractivity contribution in [1.29, 1.82) is 0 Å². The highest BCUT2D eigenvalue weighted by Crippen LogP contribution is 2.20. The predicted octanol–water partition coefficient (Wildman–Crippen LogP) is 0.566. The van der Waals surface area contributed by atoms with Gasteiger partial charge in [-0.25, -0.2) is 4.98 Å². The van der Waals surface area contributed by atoms with Gasteiger partial charge < -0.3 is 15.7 Å². The lowest BCUT2D eigenvalue weighted by Crippen LogP contribution is -2.33. The van der Waals surface area contributed by atoms with Crippen molar-refractivity contribution in [2.24, 2.45) is 5.73 Å². The van der Waals surface area contributed by atoms with E-state index in [1.165, 1.54) is 17.2 Å². The third-order valence-corrected chi connectivity index (χ3v) is 2.36. The number of aromatic nitrogens is 1. The second kappa shape index (κ2) is 5.81. The number of anilines is 1. The molecule has 1 heterocycles. The molecule has 0 saturated carbocycles. The van der Waals surface area contributed by atoms with Crippen LogP contribution in [0.3, 0.4) is 0 Å². The third kappa shape index (κ3) is 3.07. The maximum Gasteiger partial charge on any atom is 0.323 e. The Labute approximate surface area is 105 Å². The molecule has 1 rings (SSSR count). The molecule has 96 valence electrons. The monoisotopic (exact) mass is 249 g/mol. The van der Waals surface area contributed by atoms with Crippen molar-refractivity contribution in [1.82, 2.24) is 4.98 Å². The fraction of sp³-hybridized carbons (Fsp3) is 0.250. The quantitative estimate of drug-likeness (QED) is 0.718. The number of nitrogens with zero attached hydrogens (tertiary/aromatic N) is 2. The highest BCUT2D eigenvalue weighted by atomic mass is 16.4. The summed E-state index contributed by atoms with van der Waals surface area (Å²) < 4.78 is 0. The molecular formula is C12H15N3O3. The molecule has 0 aliphatic heterocycles. The molecule has 1 amide bonds. The van der Waals surface area contributed by atoms with Crippen molar-refractivity contribution < 1.29 is 14.7 Å². The summed E-state index contributed by atoms with van der Waals surface area (Å²) in [7, 11) is 0. The van der Waals surface area contributed by atoms with Crippen LogP contribution in [0.15, 0.2) is 24.9 Å². The molecule has 1 aromatic heterocycles. The van der Waals surface area contributed by atoms with Gasteiger partial charge >= 0.3 is 5.97 Å². The van der Waals surface area contributed by atoms with Gasteiger partial charge in [-0.3, -0.25) is 9.59 Å². The van der Waals surface area contributed by atoms with E-state index in [2.05, 4.69) is 11.6 Å². The fourth-order valence-corrected chi connectivity index (χ4v) is 1.63. The number of carboxylic acid groups (broad SMARTS) is 1. The van der Waals surface area contributed by atoms with Crippen molar-refractivity contribution in [3.05, 3.63) is 36.0 Å². The van der Waals surface area contributed by atoms with E-state index < -0.39 is 11.9 Å². The van der Waals surface area contributed by atoms with E-state index in [1.54, 1.807) is 13.0 Å². The van der Waals surface area contributed by atoms with Crippen LogP contribution < -0.4 is 10.6 Å². The first-order valence-corrected chi connectivity index (χ1v) is 5.30. The Bertz CT molecular complexity index is 485. The summed E-state index contributed by atoms with van der Waals surface area (Å²) in [6, 6.07) is 1.65. The number of amides is 1. The highest BCUT2D eigenvalue weighted by molar-refractivity contribution is 5.99. The first kappa shape index (κ1) is 13.7. The van der Waals surface area contributed by atoms with Gasteiger partial charge in [0.25, 0.3) is 5.91 Å². The fourth-order valence-electron chi connectivity index (χ4n) is 1.63. The lowest BCUT2D eigenvalue weighted by molar-refractivity contribution is -0.135. The summed E-state index contributed by atoms with van der Waals surface area (Å²) >= 11 is 0. The molecule has 0 radical (unpaired) electrons. The van der Waals surface area contributed by atoms with Crippen LogP contribution in [0, 0.1) is 6.92 Å². The van der Waals surface area contributed by atoms with Crippen LogP contribution in [0.2, 0.25) is 0 Å². The summed E-state index contributed by atoms with van der Waals surface area (Å²) in [5.41, 5.74) is 6.20. The number of nitrogens with two attached hydrogens (primary N) is 1. The van der Waals surface area contributed by atoms with Crippen molar-refractivity contribution in [2.45, 2.75) is 6.92 Å². The Morgan fingerprint density at radius 3 is 2.78 bits per heavy atom. The summed E-state index contributed by atoms with van der Waals surface area (Å²) in [5.74, 6) is -1.38. The Kier molecular flexibility index (Phi) is 4.42. The summed E-state index contributed by atoms with van der Waals surface area (Å²) in [6.45, 7) is 5.26. The van der Waals surface area contributed by atoms with Crippen molar-refractivity contribution in [3.8, 4) is 0 Å². The smallest absolute Gasteiger partial charge is 0.323 e. The zero-order valence-corrected chi connectivity index (χ0v) is 10.1. The second-order valence-electron chi connectivity index (χ2n) is 3.75. The van der Waals surface area contributed by atoms with Crippen LogP contribution in [0.25, 0.3) is 0 Å². The van der Waals surface area contributed by atoms with E-state index >= 15 is 0 Å². The number of primary amides is 1. The molecule has 0 aliphatic rings. The van der Waals surface area contributed by atoms with E-state index in [-0.39, 0.29) is 24.5 Å². The minimum atomic E-state index is -1.02. The van der Waals surface area contributed by atoms with Gasteiger partial charge in [-0.1, -0.05) is 6.08 Å². The molecule has 3 N–H and O–H groups in total. The molecule has 0 aliphatic carbocycles. The number of pyridine rings is 1. The topological polar surface area (TPSA) is 96.5 Å². The molecule has 18 heavy (non-hydrogen) atoms. The Balaban J connectivity index is 3.26. The average Bonchev–Trinajstić information content (AvgIpc) is 2.27. The van der Waals surface area contributed by atoms with Crippen LogP contribution in [-0.2, 0) is 4.79 Å². The molecule has 0 saturated heterocycles. The van der Waals surface area contributed by atoms with Crippen LogP contribution in [0.1, 0.15) is 15.9 Å². The molecule has 0 spiro atoms. The highest BCUT2D eigenvalue weighted by Gasteiger charge is 2.19. The average molecular weight is 249 g/mol. The molecule has 0 bridgehead atoms. The maximum atomic E-state index is 11.4. The van der Waals surface area contributed by atoms with Gasteiger partial charge in [-0.05, 0) is 18.6 Å². The minimum Gasteiger partial charge on any atom is -0.480 e. The summed E-state index contributed by atoms with van der Waals surface area (Å²) in [5, 5.41) is 8.85. The first-order chi connectivity index (χ1) is 8.47. The zero-order valence-electron chi connectivity index (χ0n) is 10.1. The molecule has 6 nitrogen and oxygen atoms in total. The number of aliphatic carboxylic acids is 1. The van der Waals surface area contributed by atoms with E-state index in [1.807, 2.05) is 0 Å². The first-order valence-electron chi connectivity index (χ1n) is 5.30. The lowest BCUT2D eigenvalue weighted by Gasteiger charge is -2.22. The van der Waals surface area contributed by atoms with Crippen molar-refractivity contribution >= 4 is 17.7 Å². The van der Waals surface area contributed by atoms with Crippen LogP contribution >= 0.6 is 0 Å². The number of carbonyl (C=O) groups excluding carboxylic acids is 1. The number of carboxylic acids is 1. The largest absolute Gasteiger partial charge is 0.480 e. The number of hydrogen-bond acceptors (Lipinski definition) is 4. The zero-order chi connectivity index (χ0) is 13.7. The molecule has 1 aromatic rings. The van der Waals surface area contributed by atoms with E-state index in [0.717, 1.165) is 0 Å². The standard InChI is InChI=1S/C12H15N3O3/c1-3-6-15(7-9(16)17)12-10(11(13)18)8(2)4-5-14-12/h3-5H,1,6-7H2,2H3,(H2,13,18)(H,16,17). The molecular weight excluding hydrogens is 234 g/mol. The van der Waals surface area contributed by atoms with E-state index in [9.17, 15) is 9.59 Å². The van der Waals surface area contributed by atoms with Crippen LogP contribution in [-0.4, -0.2) is 35.1 Å². The van der Waals surface area contributed by atoms with Crippen LogP contribution in [0.5, 0.6) is 0 Å². The van der Waals surface area contributed by atoms with Gasteiger partial charge in [0.1, 0.15) is 12.4 Å². The maximum absolute atomic E-state index is 11.4. The number of carbonyl (C=O) groups is 2. The van der Waals surface area contributed by atoms with E-state index in [0.29, 0.717) is 5.56 Å². The van der Waals surface area contributed by atoms with Gasteiger partial charge in [-0.2, -0.15) is 0 Å². The lowest BCUT2D eigenvalue weighted by atomic mass is 10.1. The minimum absolute atomic E-state index is 0.237. The van der Waals surface area contributed by atoms with Gasteiger partial charge in [0.2, 0.25) is 0 Å². The van der Waals surface area contributed by atoms with E-state index in [4.69, 9.17) is 10.8 Å². The number of rotatable bonds is 6. The third-order valence-electron chi connectivity index (χ3n) is 2.36. The van der Waals surface area contributed by atoms with Gasteiger partial charge in [0, 0.05) is 12.7 Å². The van der Waals surface area contributed by atoms with Crippen LogP contribution in [0.4, 0.5) is 5.82 Å². The predicted molar refractivity (Wildman–Crippen MR) is 67.5 cm³/mol. The molecule has 0 unspecified atom stereocenters. The Morgan fingerprint density at radius 2 is 2.28 bits per heavy atom. The van der Waals surface area contributed by atoms with Gasteiger partial charge in [0.05, 0.1) is 5.56 Å². The number of hydrogen-bond donors (Lipinski definition) is 2. The summed E-state index contributed by atoms with van der Waals surface area (Å²) in [6.07, 6.45) is 3.05. The normalized spacial score (nSPS) is 9.83. The van der Waals surface area contributed by atoms with Gasteiger partial charge in [0.15, 0.2) is 0 Å². The SMILES string of the molecule is C=CCN(CC(=O)O)c1nccc(C)c1C(N)=O.